The highest BCUT2D eigenvalue weighted by atomic mass is 35.5. The Morgan fingerprint density at radius 2 is 2.28 bits per heavy atom. The number of hydrogen-bond acceptors (Lipinski definition) is 4. The first-order valence-corrected chi connectivity index (χ1v) is 6.67. The molecular formula is C12H19ClN2O2S. The zero-order chi connectivity index (χ0) is 12.4. The number of methoxy groups -OCH3 is 1. The molecule has 0 radical (unpaired) electrons. The first-order chi connectivity index (χ1) is 8.13. The molecule has 1 aromatic heterocycles. The van der Waals surface area contributed by atoms with Gasteiger partial charge < -0.3 is 15.0 Å². The van der Waals surface area contributed by atoms with Crippen LogP contribution in [0.25, 0.3) is 0 Å². The molecule has 1 amide bonds. The number of nitrogens with one attached hydrogen (secondary N) is 1. The zero-order valence-electron chi connectivity index (χ0n) is 10.8. The number of amides is 1. The molecule has 1 N–H and O–H groups in total. The predicted molar refractivity (Wildman–Crippen MR) is 76.1 cm³/mol. The van der Waals surface area contributed by atoms with Crippen LogP contribution in [0.4, 0.5) is 0 Å². The second kappa shape index (κ2) is 6.41. The topological polar surface area (TPSA) is 41.6 Å². The number of piperazine rings is 1. The van der Waals surface area contributed by atoms with E-state index < -0.39 is 0 Å². The summed E-state index contributed by atoms with van der Waals surface area (Å²) in [6.07, 6.45) is 0. The molecule has 1 aliphatic rings. The summed E-state index contributed by atoms with van der Waals surface area (Å²) in [4.78, 5) is 15.1. The summed E-state index contributed by atoms with van der Waals surface area (Å²) in [6.45, 7) is 5.76. The Labute approximate surface area is 118 Å². The Morgan fingerprint density at radius 1 is 1.56 bits per heavy atom. The Balaban J connectivity index is 0.00000162. The summed E-state index contributed by atoms with van der Waals surface area (Å²) < 4.78 is 5.21. The molecule has 4 nitrogen and oxygen atoms in total. The average Bonchev–Trinajstić information content (AvgIpc) is 2.79. The Bertz CT molecular complexity index is 411. The van der Waals surface area contributed by atoms with E-state index in [1.807, 2.05) is 16.3 Å². The molecule has 2 heterocycles. The van der Waals surface area contributed by atoms with Crippen LogP contribution >= 0.6 is 23.7 Å². The molecule has 1 aliphatic heterocycles. The SMILES string of the molecule is COc1ccsc1C(=O)N1CC(C)NCC1C.Cl. The normalized spacial score (nSPS) is 23.4. The summed E-state index contributed by atoms with van der Waals surface area (Å²) in [5.41, 5.74) is 0. The monoisotopic (exact) mass is 290 g/mol. The van der Waals surface area contributed by atoms with Gasteiger partial charge in [0, 0.05) is 25.2 Å². The van der Waals surface area contributed by atoms with Gasteiger partial charge in [-0.3, -0.25) is 4.79 Å². The van der Waals surface area contributed by atoms with Crippen LogP contribution in [0.3, 0.4) is 0 Å². The quantitative estimate of drug-likeness (QED) is 0.906. The molecule has 2 rings (SSSR count). The second-order valence-corrected chi connectivity index (χ2v) is 5.35. The van der Waals surface area contributed by atoms with Crippen molar-refractivity contribution in [2.24, 2.45) is 0 Å². The summed E-state index contributed by atoms with van der Waals surface area (Å²) in [5.74, 6) is 0.760. The van der Waals surface area contributed by atoms with Crippen molar-refractivity contribution in [3.8, 4) is 5.75 Å². The van der Waals surface area contributed by atoms with Crippen LogP contribution in [-0.4, -0.2) is 43.1 Å². The lowest BCUT2D eigenvalue weighted by molar-refractivity contribution is 0.0618. The van der Waals surface area contributed by atoms with E-state index >= 15 is 0 Å². The van der Waals surface area contributed by atoms with E-state index in [0.717, 1.165) is 13.1 Å². The molecule has 1 fully saturated rings. The lowest BCUT2D eigenvalue weighted by atomic mass is 10.1. The second-order valence-electron chi connectivity index (χ2n) is 4.43. The van der Waals surface area contributed by atoms with Crippen molar-refractivity contribution in [1.29, 1.82) is 0 Å². The zero-order valence-corrected chi connectivity index (χ0v) is 12.4. The van der Waals surface area contributed by atoms with Crippen LogP contribution in [0.5, 0.6) is 5.75 Å². The van der Waals surface area contributed by atoms with Gasteiger partial charge in [-0.05, 0) is 25.3 Å². The smallest absolute Gasteiger partial charge is 0.268 e. The minimum atomic E-state index is 0. The molecular weight excluding hydrogens is 272 g/mol. The highest BCUT2D eigenvalue weighted by Crippen LogP contribution is 2.27. The molecule has 1 saturated heterocycles. The van der Waals surface area contributed by atoms with Gasteiger partial charge in [-0.15, -0.1) is 23.7 Å². The molecule has 0 saturated carbocycles. The minimum Gasteiger partial charge on any atom is -0.495 e. The van der Waals surface area contributed by atoms with Gasteiger partial charge in [0.05, 0.1) is 7.11 Å². The Morgan fingerprint density at radius 3 is 2.94 bits per heavy atom. The maximum atomic E-state index is 12.4. The van der Waals surface area contributed by atoms with Crippen molar-refractivity contribution >= 4 is 29.7 Å². The van der Waals surface area contributed by atoms with E-state index in [0.29, 0.717) is 16.7 Å². The standard InChI is InChI=1S/C12H18N2O2S.ClH/c1-8-7-14(9(2)6-13-8)12(15)11-10(16-3)4-5-17-11;/h4-5,8-9,13H,6-7H2,1-3H3;1H. The van der Waals surface area contributed by atoms with Gasteiger partial charge >= 0.3 is 0 Å². The lowest BCUT2D eigenvalue weighted by Gasteiger charge is -2.37. The van der Waals surface area contributed by atoms with Crippen LogP contribution in [-0.2, 0) is 0 Å². The first-order valence-electron chi connectivity index (χ1n) is 5.79. The van der Waals surface area contributed by atoms with Crippen molar-refractivity contribution in [3.63, 3.8) is 0 Å². The van der Waals surface area contributed by atoms with Gasteiger partial charge in [-0.1, -0.05) is 0 Å². The molecule has 0 spiro atoms. The largest absolute Gasteiger partial charge is 0.495 e. The van der Waals surface area contributed by atoms with Gasteiger partial charge in [0.25, 0.3) is 5.91 Å². The number of halogens is 1. The van der Waals surface area contributed by atoms with E-state index in [9.17, 15) is 4.79 Å². The Kier molecular flexibility index (Phi) is 5.44. The van der Waals surface area contributed by atoms with Crippen LogP contribution in [0, 0.1) is 0 Å². The van der Waals surface area contributed by atoms with Crippen LogP contribution < -0.4 is 10.1 Å². The molecule has 2 unspecified atom stereocenters. The van der Waals surface area contributed by atoms with Gasteiger partial charge in [-0.25, -0.2) is 0 Å². The third kappa shape index (κ3) is 2.96. The number of carbonyl (C=O) groups excluding carboxylic acids is 1. The van der Waals surface area contributed by atoms with E-state index in [1.165, 1.54) is 11.3 Å². The number of carbonyl (C=O) groups is 1. The van der Waals surface area contributed by atoms with Gasteiger partial charge in [-0.2, -0.15) is 0 Å². The van der Waals surface area contributed by atoms with Crippen molar-refractivity contribution in [3.05, 3.63) is 16.3 Å². The fraction of sp³-hybridized carbons (Fsp3) is 0.583. The average molecular weight is 291 g/mol. The van der Waals surface area contributed by atoms with Crippen molar-refractivity contribution < 1.29 is 9.53 Å². The maximum absolute atomic E-state index is 12.4. The predicted octanol–water partition coefficient (Wildman–Crippen LogP) is 2.00. The van der Waals surface area contributed by atoms with Gasteiger partial charge in [0.1, 0.15) is 10.6 Å². The summed E-state index contributed by atoms with van der Waals surface area (Å²) in [7, 11) is 1.60. The summed E-state index contributed by atoms with van der Waals surface area (Å²) in [5, 5.41) is 5.26. The molecule has 0 aromatic carbocycles. The third-order valence-electron chi connectivity index (χ3n) is 3.07. The Hall–Kier alpha value is -0.780. The molecule has 1 aromatic rings. The van der Waals surface area contributed by atoms with Gasteiger partial charge in [0.2, 0.25) is 0 Å². The molecule has 18 heavy (non-hydrogen) atoms. The molecule has 0 aliphatic carbocycles. The highest BCUT2D eigenvalue weighted by molar-refractivity contribution is 7.12. The molecule has 102 valence electrons. The number of hydrogen-bond donors (Lipinski definition) is 1. The number of ether oxygens (including phenoxy) is 1. The maximum Gasteiger partial charge on any atom is 0.268 e. The van der Waals surface area contributed by atoms with Crippen LogP contribution in [0.2, 0.25) is 0 Å². The van der Waals surface area contributed by atoms with E-state index in [2.05, 4.69) is 19.2 Å². The van der Waals surface area contributed by atoms with Crippen LogP contribution in [0.15, 0.2) is 11.4 Å². The first kappa shape index (κ1) is 15.3. The lowest BCUT2D eigenvalue weighted by Crippen LogP contribution is -2.56. The number of thiophene rings is 1. The number of nitrogens with zero attached hydrogens (tertiary/aromatic N) is 1. The van der Waals surface area contributed by atoms with Crippen molar-refractivity contribution in [2.45, 2.75) is 25.9 Å². The van der Waals surface area contributed by atoms with Gasteiger partial charge in [0.15, 0.2) is 0 Å². The fourth-order valence-corrected chi connectivity index (χ4v) is 2.86. The summed E-state index contributed by atoms with van der Waals surface area (Å²) >= 11 is 1.44. The van der Waals surface area contributed by atoms with Crippen molar-refractivity contribution in [1.82, 2.24) is 10.2 Å². The molecule has 6 heteroatoms. The number of rotatable bonds is 2. The minimum absolute atomic E-state index is 0. The van der Waals surface area contributed by atoms with E-state index in [4.69, 9.17) is 4.74 Å². The fourth-order valence-electron chi connectivity index (χ4n) is 2.05. The van der Waals surface area contributed by atoms with Crippen molar-refractivity contribution in [2.75, 3.05) is 20.2 Å². The molecule has 2 atom stereocenters. The van der Waals surface area contributed by atoms with E-state index in [-0.39, 0.29) is 24.4 Å². The third-order valence-corrected chi connectivity index (χ3v) is 3.95. The van der Waals surface area contributed by atoms with Crippen LogP contribution in [0.1, 0.15) is 23.5 Å². The molecule has 0 bridgehead atoms. The highest BCUT2D eigenvalue weighted by Gasteiger charge is 2.29. The van der Waals surface area contributed by atoms with E-state index in [1.54, 1.807) is 7.11 Å². The summed E-state index contributed by atoms with van der Waals surface area (Å²) in [6, 6.07) is 2.42.